The van der Waals surface area contributed by atoms with Crippen molar-refractivity contribution in [2.24, 2.45) is 0 Å². The summed E-state index contributed by atoms with van der Waals surface area (Å²) in [7, 11) is 0. The van der Waals surface area contributed by atoms with Crippen LogP contribution in [0.5, 0.6) is 0 Å². The molecule has 1 aliphatic heterocycles. The van der Waals surface area contributed by atoms with Gasteiger partial charge in [-0.1, -0.05) is 41.6 Å². The first-order valence-electron chi connectivity index (χ1n) is 8.57. The van der Waals surface area contributed by atoms with Crippen LogP contribution in [0.25, 0.3) is 6.08 Å². The molecule has 0 spiro atoms. The van der Waals surface area contributed by atoms with E-state index in [-0.39, 0.29) is 18.2 Å². The van der Waals surface area contributed by atoms with E-state index in [0.29, 0.717) is 38.5 Å². The second-order valence-corrected chi connectivity index (χ2v) is 8.08. The number of hydrazine groups is 1. The summed E-state index contributed by atoms with van der Waals surface area (Å²) in [5, 5.41) is 0.425. The van der Waals surface area contributed by atoms with Gasteiger partial charge in [0.05, 0.1) is 11.2 Å². The van der Waals surface area contributed by atoms with Crippen LogP contribution < -0.4 is 10.9 Å². The van der Waals surface area contributed by atoms with E-state index in [1.54, 1.807) is 36.4 Å². The second kappa shape index (κ2) is 9.73. The Morgan fingerprint density at radius 2 is 2.07 bits per heavy atom. The molecule has 1 fully saturated rings. The molecular formula is C19H16ClN3O4S2. The third-order valence-corrected chi connectivity index (χ3v) is 5.49. The highest BCUT2D eigenvalue weighted by molar-refractivity contribution is 8.26. The molecule has 0 unspecified atom stereocenters. The van der Waals surface area contributed by atoms with Crippen LogP contribution in [0.4, 0.5) is 0 Å². The molecule has 2 N–H and O–H groups in total. The summed E-state index contributed by atoms with van der Waals surface area (Å²) in [6.45, 7) is 0.301. The lowest BCUT2D eigenvalue weighted by Gasteiger charge is -2.14. The van der Waals surface area contributed by atoms with Crippen LogP contribution >= 0.6 is 35.6 Å². The van der Waals surface area contributed by atoms with Gasteiger partial charge in [-0.2, -0.15) is 0 Å². The average molecular weight is 450 g/mol. The molecule has 1 aromatic heterocycles. The first kappa shape index (κ1) is 21.1. The number of furan rings is 1. The van der Waals surface area contributed by atoms with E-state index >= 15 is 0 Å². The fourth-order valence-corrected chi connectivity index (χ4v) is 3.96. The van der Waals surface area contributed by atoms with Crippen molar-refractivity contribution in [3.8, 4) is 0 Å². The zero-order valence-corrected chi connectivity index (χ0v) is 17.4. The van der Waals surface area contributed by atoms with E-state index in [0.717, 1.165) is 0 Å². The Bertz CT molecular complexity index is 976. The minimum Gasteiger partial charge on any atom is -0.465 e. The lowest BCUT2D eigenvalue weighted by atomic mass is 10.2. The highest BCUT2D eigenvalue weighted by Crippen LogP contribution is 2.32. The van der Waals surface area contributed by atoms with Gasteiger partial charge >= 0.3 is 0 Å². The Balaban J connectivity index is 1.43. The molecule has 150 valence electrons. The van der Waals surface area contributed by atoms with Gasteiger partial charge in [-0.3, -0.25) is 30.1 Å². The zero-order valence-electron chi connectivity index (χ0n) is 15.0. The molecular weight excluding hydrogens is 434 g/mol. The Labute approximate surface area is 181 Å². The van der Waals surface area contributed by atoms with Crippen molar-refractivity contribution in [3.05, 3.63) is 63.9 Å². The van der Waals surface area contributed by atoms with Gasteiger partial charge in [0.1, 0.15) is 10.1 Å². The van der Waals surface area contributed by atoms with Gasteiger partial charge in [0.25, 0.3) is 11.8 Å². The molecule has 7 nitrogen and oxygen atoms in total. The van der Waals surface area contributed by atoms with Gasteiger partial charge in [-0.05, 0) is 36.8 Å². The van der Waals surface area contributed by atoms with Crippen LogP contribution in [0.15, 0.2) is 52.0 Å². The Morgan fingerprint density at radius 3 is 2.79 bits per heavy atom. The summed E-state index contributed by atoms with van der Waals surface area (Å²) < 4.78 is 5.65. The Morgan fingerprint density at radius 1 is 1.24 bits per heavy atom. The van der Waals surface area contributed by atoms with E-state index in [1.807, 2.05) is 0 Å². The van der Waals surface area contributed by atoms with Gasteiger partial charge in [0.15, 0.2) is 0 Å². The molecule has 29 heavy (non-hydrogen) atoms. The number of carbonyl (C=O) groups is 3. The SMILES string of the molecule is O=C(CCCN1C(=O)C(=Cc2ccco2)SC1=S)NNC(=O)c1cccc(Cl)c1. The maximum atomic E-state index is 12.5. The molecule has 1 saturated heterocycles. The van der Waals surface area contributed by atoms with E-state index in [1.165, 1.54) is 29.0 Å². The summed E-state index contributed by atoms with van der Waals surface area (Å²) >= 11 is 12.3. The third-order valence-electron chi connectivity index (χ3n) is 3.88. The molecule has 3 rings (SSSR count). The number of nitrogens with one attached hydrogen (secondary N) is 2. The van der Waals surface area contributed by atoms with Crippen LogP contribution in [0, 0.1) is 0 Å². The van der Waals surface area contributed by atoms with E-state index in [4.69, 9.17) is 28.2 Å². The number of halogens is 1. The van der Waals surface area contributed by atoms with Crippen LogP contribution in [0.2, 0.25) is 5.02 Å². The smallest absolute Gasteiger partial charge is 0.269 e. The molecule has 0 saturated carbocycles. The predicted octanol–water partition coefficient (Wildman–Crippen LogP) is 3.38. The van der Waals surface area contributed by atoms with E-state index < -0.39 is 5.91 Å². The summed E-state index contributed by atoms with van der Waals surface area (Å²) in [4.78, 5) is 38.3. The second-order valence-electron chi connectivity index (χ2n) is 5.96. The highest BCUT2D eigenvalue weighted by Gasteiger charge is 2.31. The van der Waals surface area contributed by atoms with Gasteiger partial charge in [-0.15, -0.1) is 0 Å². The predicted molar refractivity (Wildman–Crippen MR) is 115 cm³/mol. The summed E-state index contributed by atoms with van der Waals surface area (Å²) in [5.74, 6) is -0.496. The number of thiocarbonyl (C=S) groups is 1. The molecule has 0 aliphatic carbocycles. The third kappa shape index (κ3) is 5.69. The van der Waals surface area contributed by atoms with Crippen LogP contribution in [0.1, 0.15) is 29.0 Å². The molecule has 0 bridgehead atoms. The number of benzene rings is 1. The van der Waals surface area contributed by atoms with Gasteiger partial charge in [-0.25, -0.2) is 0 Å². The fourth-order valence-electron chi connectivity index (χ4n) is 2.48. The zero-order chi connectivity index (χ0) is 20.8. The molecule has 1 aromatic carbocycles. The van der Waals surface area contributed by atoms with E-state index in [9.17, 15) is 14.4 Å². The normalized spacial score (nSPS) is 15.1. The van der Waals surface area contributed by atoms with Gasteiger partial charge < -0.3 is 4.42 Å². The molecule has 3 amide bonds. The molecule has 2 aromatic rings. The molecule has 0 atom stereocenters. The number of amides is 3. The monoisotopic (exact) mass is 449 g/mol. The quantitative estimate of drug-likeness (QED) is 0.399. The van der Waals surface area contributed by atoms with Crippen molar-refractivity contribution in [2.75, 3.05) is 6.54 Å². The van der Waals surface area contributed by atoms with Crippen molar-refractivity contribution in [1.82, 2.24) is 15.8 Å². The summed E-state index contributed by atoms with van der Waals surface area (Å²) in [6.07, 6.45) is 3.66. The molecule has 0 radical (unpaired) electrons. The number of carbonyl (C=O) groups excluding carboxylic acids is 3. The highest BCUT2D eigenvalue weighted by atomic mass is 35.5. The number of thioether (sulfide) groups is 1. The van der Waals surface area contributed by atoms with Crippen molar-refractivity contribution in [1.29, 1.82) is 0 Å². The standard InChI is InChI=1S/C19H16ClN3O4S2/c20-13-5-1-4-12(10-13)17(25)22-21-16(24)7-2-8-23-18(26)15(29-19(23)28)11-14-6-3-9-27-14/h1,3-6,9-11H,2,7-8H2,(H,21,24)(H,22,25). The number of nitrogens with zero attached hydrogens (tertiary/aromatic N) is 1. The molecule has 1 aliphatic rings. The Hall–Kier alpha value is -2.62. The van der Waals surface area contributed by atoms with Crippen molar-refractivity contribution >= 4 is 63.7 Å². The fraction of sp³-hybridized carbons (Fsp3) is 0.158. The summed E-state index contributed by atoms with van der Waals surface area (Å²) in [6, 6.07) is 9.84. The van der Waals surface area contributed by atoms with Crippen LogP contribution in [0.3, 0.4) is 0 Å². The Kier molecular flexibility index (Phi) is 7.08. The molecule has 2 heterocycles. The van der Waals surface area contributed by atoms with Crippen molar-refractivity contribution in [3.63, 3.8) is 0 Å². The van der Waals surface area contributed by atoms with Crippen LogP contribution in [-0.2, 0) is 9.59 Å². The maximum Gasteiger partial charge on any atom is 0.269 e. The minimum atomic E-state index is -0.471. The minimum absolute atomic E-state index is 0.115. The maximum absolute atomic E-state index is 12.5. The lowest BCUT2D eigenvalue weighted by Crippen LogP contribution is -2.41. The average Bonchev–Trinajstić information content (AvgIpc) is 3.30. The number of hydrogen-bond donors (Lipinski definition) is 2. The lowest BCUT2D eigenvalue weighted by molar-refractivity contribution is -0.124. The first-order chi connectivity index (χ1) is 13.9. The first-order valence-corrected chi connectivity index (χ1v) is 10.2. The number of rotatable bonds is 6. The largest absolute Gasteiger partial charge is 0.465 e. The van der Waals surface area contributed by atoms with Crippen molar-refractivity contribution in [2.45, 2.75) is 12.8 Å². The summed E-state index contributed by atoms with van der Waals surface area (Å²) in [5.41, 5.74) is 5.00. The number of hydrogen-bond acceptors (Lipinski definition) is 6. The molecule has 10 heteroatoms. The van der Waals surface area contributed by atoms with Gasteiger partial charge in [0.2, 0.25) is 5.91 Å². The topological polar surface area (TPSA) is 91.7 Å². The van der Waals surface area contributed by atoms with Gasteiger partial charge in [0, 0.05) is 29.6 Å². The van der Waals surface area contributed by atoms with Crippen molar-refractivity contribution < 1.29 is 18.8 Å². The van der Waals surface area contributed by atoms with Crippen LogP contribution in [-0.4, -0.2) is 33.5 Å². The van der Waals surface area contributed by atoms with E-state index in [2.05, 4.69) is 10.9 Å².